The van der Waals surface area contributed by atoms with Gasteiger partial charge < -0.3 is 15.3 Å². The van der Waals surface area contributed by atoms with E-state index in [9.17, 15) is 14.7 Å². The number of aliphatic hydroxyl groups is 1. The average molecular weight is 364 g/mol. The lowest BCUT2D eigenvalue weighted by Crippen LogP contribution is -2.53. The van der Waals surface area contributed by atoms with Crippen molar-refractivity contribution in [2.75, 3.05) is 19.6 Å². The van der Waals surface area contributed by atoms with Crippen LogP contribution in [0.5, 0.6) is 0 Å². The fourth-order valence-corrected chi connectivity index (χ4v) is 5.05. The van der Waals surface area contributed by atoms with Crippen LogP contribution in [-0.2, 0) is 9.59 Å². The molecular weight excluding hydrogens is 330 g/mol. The van der Waals surface area contributed by atoms with E-state index in [1.807, 2.05) is 4.90 Å². The maximum absolute atomic E-state index is 12.9. The molecule has 6 heteroatoms. The average Bonchev–Trinajstić information content (AvgIpc) is 3.44. The van der Waals surface area contributed by atoms with E-state index in [0.717, 1.165) is 51.6 Å². The van der Waals surface area contributed by atoms with Crippen molar-refractivity contribution in [1.82, 2.24) is 15.1 Å². The number of β-amino-alcohol motifs (C(OH)–C–C–N with tert-alkyl or cyclic N) is 1. The number of piperidine rings is 1. The first kappa shape index (κ1) is 18.2. The molecule has 2 atom stereocenters. The minimum absolute atomic E-state index is 0.102. The molecule has 146 valence electrons. The van der Waals surface area contributed by atoms with E-state index >= 15 is 0 Å². The minimum atomic E-state index is -0.414. The molecule has 2 heterocycles. The Kier molecular flexibility index (Phi) is 5.50. The Morgan fingerprint density at radius 3 is 2.27 bits per heavy atom. The Morgan fingerprint density at radius 2 is 1.62 bits per heavy atom. The number of hydrogen-bond donors (Lipinski definition) is 2. The molecule has 0 aromatic carbocycles. The molecule has 0 aromatic heterocycles. The first-order valence-electron chi connectivity index (χ1n) is 10.6. The SMILES string of the molecule is O=C(NC1CCCCC1)[C@@H]1C[C@@H](O)CN1C1CCN(C(=O)C2CC2)CC1. The third-order valence-corrected chi connectivity index (χ3v) is 6.74. The highest BCUT2D eigenvalue weighted by Crippen LogP contribution is 2.33. The molecule has 0 bridgehead atoms. The summed E-state index contributed by atoms with van der Waals surface area (Å²) in [6.07, 6.45) is 9.93. The van der Waals surface area contributed by atoms with Crippen LogP contribution in [0, 0.1) is 5.92 Å². The van der Waals surface area contributed by atoms with Gasteiger partial charge in [-0.3, -0.25) is 14.5 Å². The quantitative estimate of drug-likeness (QED) is 0.789. The lowest BCUT2D eigenvalue weighted by atomic mass is 9.95. The van der Waals surface area contributed by atoms with Gasteiger partial charge in [-0.2, -0.15) is 0 Å². The number of carbonyl (C=O) groups is 2. The van der Waals surface area contributed by atoms with Crippen LogP contribution >= 0.6 is 0 Å². The van der Waals surface area contributed by atoms with Crippen molar-refractivity contribution in [2.45, 2.75) is 88.4 Å². The second-order valence-corrected chi connectivity index (χ2v) is 8.78. The van der Waals surface area contributed by atoms with Crippen LogP contribution in [0.4, 0.5) is 0 Å². The van der Waals surface area contributed by atoms with Crippen LogP contribution in [-0.4, -0.2) is 70.6 Å². The summed E-state index contributed by atoms with van der Waals surface area (Å²) in [7, 11) is 0. The highest BCUT2D eigenvalue weighted by atomic mass is 16.3. The summed E-state index contributed by atoms with van der Waals surface area (Å²) in [4.78, 5) is 29.3. The molecule has 4 aliphatic rings. The van der Waals surface area contributed by atoms with Crippen molar-refractivity contribution < 1.29 is 14.7 Å². The molecule has 26 heavy (non-hydrogen) atoms. The molecule has 2 N–H and O–H groups in total. The number of nitrogens with one attached hydrogen (secondary N) is 1. The van der Waals surface area contributed by atoms with Crippen molar-refractivity contribution in [2.24, 2.45) is 5.92 Å². The standard InChI is InChI=1S/C20H33N3O3/c24-17-12-18(19(25)21-15-4-2-1-3-5-15)23(13-17)16-8-10-22(11-9-16)20(26)14-6-7-14/h14-18,24H,1-13H2,(H,21,25)/t17-,18+/m1/s1. The lowest BCUT2D eigenvalue weighted by molar-refractivity contribution is -0.135. The van der Waals surface area contributed by atoms with E-state index in [1.54, 1.807) is 0 Å². The zero-order valence-corrected chi connectivity index (χ0v) is 15.7. The molecule has 0 radical (unpaired) electrons. The van der Waals surface area contributed by atoms with Gasteiger partial charge in [0.1, 0.15) is 0 Å². The van der Waals surface area contributed by atoms with Crippen LogP contribution < -0.4 is 5.32 Å². The van der Waals surface area contributed by atoms with Gasteiger partial charge in [0.2, 0.25) is 11.8 Å². The number of nitrogens with zero attached hydrogens (tertiary/aromatic N) is 2. The van der Waals surface area contributed by atoms with E-state index in [2.05, 4.69) is 10.2 Å². The summed E-state index contributed by atoms with van der Waals surface area (Å²) < 4.78 is 0. The monoisotopic (exact) mass is 363 g/mol. The van der Waals surface area contributed by atoms with E-state index in [0.29, 0.717) is 31.0 Å². The predicted molar refractivity (Wildman–Crippen MR) is 98.5 cm³/mol. The molecule has 6 nitrogen and oxygen atoms in total. The van der Waals surface area contributed by atoms with Crippen molar-refractivity contribution in [3.63, 3.8) is 0 Å². The zero-order chi connectivity index (χ0) is 18.1. The second kappa shape index (κ2) is 7.85. The van der Waals surface area contributed by atoms with E-state index < -0.39 is 6.10 Å². The molecule has 4 rings (SSSR count). The number of amides is 2. The van der Waals surface area contributed by atoms with Crippen molar-refractivity contribution >= 4 is 11.8 Å². The summed E-state index contributed by atoms with van der Waals surface area (Å²) in [6, 6.07) is 0.411. The first-order valence-corrected chi connectivity index (χ1v) is 10.6. The van der Waals surface area contributed by atoms with Crippen molar-refractivity contribution in [3.8, 4) is 0 Å². The van der Waals surface area contributed by atoms with Gasteiger partial charge in [0.05, 0.1) is 12.1 Å². The predicted octanol–water partition coefficient (Wildman–Crippen LogP) is 1.27. The van der Waals surface area contributed by atoms with Crippen LogP contribution in [0.25, 0.3) is 0 Å². The Morgan fingerprint density at radius 1 is 0.923 bits per heavy atom. The topological polar surface area (TPSA) is 72.9 Å². The summed E-state index contributed by atoms with van der Waals surface area (Å²) in [5.74, 6) is 0.718. The van der Waals surface area contributed by atoms with E-state index in [1.165, 1.54) is 19.3 Å². The Labute approximate surface area is 156 Å². The van der Waals surface area contributed by atoms with Crippen LogP contribution in [0.2, 0.25) is 0 Å². The van der Waals surface area contributed by atoms with Gasteiger partial charge in [-0.1, -0.05) is 19.3 Å². The third-order valence-electron chi connectivity index (χ3n) is 6.74. The number of carbonyl (C=O) groups excluding carboxylic acids is 2. The summed E-state index contributed by atoms with van der Waals surface area (Å²) in [6.45, 7) is 2.18. The zero-order valence-electron chi connectivity index (χ0n) is 15.7. The van der Waals surface area contributed by atoms with Crippen LogP contribution in [0.1, 0.15) is 64.2 Å². The number of likely N-dealkylation sites (tertiary alicyclic amines) is 2. The molecule has 2 saturated carbocycles. The fourth-order valence-electron chi connectivity index (χ4n) is 5.05. The summed E-state index contributed by atoms with van der Waals surface area (Å²) in [5.41, 5.74) is 0. The van der Waals surface area contributed by atoms with E-state index in [-0.39, 0.29) is 17.9 Å². The normalized spacial score (nSPS) is 32.0. The largest absolute Gasteiger partial charge is 0.392 e. The maximum Gasteiger partial charge on any atom is 0.237 e. The fraction of sp³-hybridized carbons (Fsp3) is 0.900. The molecule has 2 aliphatic carbocycles. The van der Waals surface area contributed by atoms with Crippen LogP contribution in [0.3, 0.4) is 0 Å². The molecule has 0 spiro atoms. The number of rotatable bonds is 4. The number of aliphatic hydroxyl groups excluding tert-OH is 1. The molecule has 0 aromatic rings. The van der Waals surface area contributed by atoms with Gasteiger partial charge >= 0.3 is 0 Å². The third kappa shape index (κ3) is 4.06. The van der Waals surface area contributed by atoms with E-state index in [4.69, 9.17) is 0 Å². The highest BCUT2D eigenvalue weighted by molar-refractivity contribution is 5.82. The van der Waals surface area contributed by atoms with Gasteiger partial charge in [0.25, 0.3) is 0 Å². The Hall–Kier alpha value is -1.14. The second-order valence-electron chi connectivity index (χ2n) is 8.78. The van der Waals surface area contributed by atoms with Crippen molar-refractivity contribution in [1.29, 1.82) is 0 Å². The number of hydrogen-bond acceptors (Lipinski definition) is 4. The Balaban J connectivity index is 1.32. The highest BCUT2D eigenvalue weighted by Gasteiger charge is 2.42. The maximum atomic E-state index is 12.9. The van der Waals surface area contributed by atoms with Crippen LogP contribution in [0.15, 0.2) is 0 Å². The van der Waals surface area contributed by atoms with Gasteiger partial charge in [-0.15, -0.1) is 0 Å². The van der Waals surface area contributed by atoms with Gasteiger partial charge in [-0.05, 0) is 44.9 Å². The summed E-state index contributed by atoms with van der Waals surface area (Å²) >= 11 is 0. The smallest absolute Gasteiger partial charge is 0.237 e. The molecular formula is C20H33N3O3. The molecule has 2 saturated heterocycles. The molecule has 0 unspecified atom stereocenters. The molecule has 4 fully saturated rings. The lowest BCUT2D eigenvalue weighted by Gasteiger charge is -2.39. The minimum Gasteiger partial charge on any atom is -0.392 e. The van der Waals surface area contributed by atoms with Crippen molar-refractivity contribution in [3.05, 3.63) is 0 Å². The molecule has 2 amide bonds. The Bertz CT molecular complexity index is 522. The summed E-state index contributed by atoms with van der Waals surface area (Å²) in [5, 5.41) is 13.4. The van der Waals surface area contributed by atoms with Gasteiger partial charge in [0, 0.05) is 37.6 Å². The van der Waals surface area contributed by atoms with Gasteiger partial charge in [-0.25, -0.2) is 0 Å². The first-order chi connectivity index (χ1) is 12.6. The molecule has 2 aliphatic heterocycles. The van der Waals surface area contributed by atoms with Gasteiger partial charge in [0.15, 0.2) is 0 Å².